The van der Waals surface area contributed by atoms with Crippen molar-refractivity contribution < 1.29 is 0 Å². The van der Waals surface area contributed by atoms with Gasteiger partial charge < -0.3 is 5.73 Å². The largest absolute Gasteiger partial charge is 0.330 e. The third-order valence-corrected chi connectivity index (χ3v) is 3.49. The highest BCUT2D eigenvalue weighted by Crippen LogP contribution is 2.28. The topological polar surface area (TPSA) is 29.3 Å². The van der Waals surface area contributed by atoms with Crippen molar-refractivity contribution in [2.24, 2.45) is 11.7 Å². The first-order valence-electron chi connectivity index (χ1n) is 5.51. The molecule has 0 saturated heterocycles. The van der Waals surface area contributed by atoms with Crippen LogP contribution in [-0.4, -0.2) is 30.6 Å². The number of nitrogens with two attached hydrogens (primary N) is 1. The Morgan fingerprint density at radius 1 is 1.15 bits per heavy atom. The first-order chi connectivity index (χ1) is 6.42. The second-order valence-corrected chi connectivity index (χ2v) is 4.27. The fourth-order valence-electron chi connectivity index (χ4n) is 2.71. The molecule has 1 aliphatic heterocycles. The fraction of sp³-hybridized carbons (Fsp3) is 0.818. The lowest BCUT2D eigenvalue weighted by molar-refractivity contribution is 0.138. The molecule has 74 valence electrons. The zero-order valence-corrected chi connectivity index (χ0v) is 8.28. The summed E-state index contributed by atoms with van der Waals surface area (Å²) in [4.78, 5) is 2.58. The van der Waals surface area contributed by atoms with E-state index in [1.54, 1.807) is 0 Å². The van der Waals surface area contributed by atoms with Gasteiger partial charge in [-0.2, -0.15) is 0 Å². The van der Waals surface area contributed by atoms with Crippen molar-refractivity contribution in [3.05, 3.63) is 12.2 Å². The van der Waals surface area contributed by atoms with Crippen molar-refractivity contribution in [2.75, 3.05) is 19.6 Å². The second-order valence-electron chi connectivity index (χ2n) is 4.27. The van der Waals surface area contributed by atoms with E-state index >= 15 is 0 Å². The lowest BCUT2D eigenvalue weighted by Crippen LogP contribution is -2.43. The van der Waals surface area contributed by atoms with Gasteiger partial charge in [-0.25, -0.2) is 0 Å². The fourth-order valence-corrected chi connectivity index (χ4v) is 2.71. The van der Waals surface area contributed by atoms with Gasteiger partial charge in [0.25, 0.3) is 0 Å². The van der Waals surface area contributed by atoms with Crippen molar-refractivity contribution in [1.29, 1.82) is 0 Å². The maximum atomic E-state index is 5.81. The molecule has 13 heavy (non-hydrogen) atoms. The van der Waals surface area contributed by atoms with E-state index < -0.39 is 0 Å². The molecule has 2 aliphatic rings. The molecule has 1 heterocycles. The van der Waals surface area contributed by atoms with E-state index in [9.17, 15) is 0 Å². The van der Waals surface area contributed by atoms with Gasteiger partial charge in [0.2, 0.25) is 0 Å². The molecule has 2 unspecified atom stereocenters. The van der Waals surface area contributed by atoms with Gasteiger partial charge in [0.05, 0.1) is 0 Å². The molecule has 0 aromatic heterocycles. The average molecular weight is 180 g/mol. The van der Waals surface area contributed by atoms with Gasteiger partial charge in [-0.15, -0.1) is 0 Å². The molecule has 0 spiro atoms. The number of rotatable bonds is 2. The summed E-state index contributed by atoms with van der Waals surface area (Å²) in [7, 11) is 0. The van der Waals surface area contributed by atoms with Crippen LogP contribution in [0, 0.1) is 5.92 Å². The molecule has 2 N–H and O–H groups in total. The summed E-state index contributed by atoms with van der Waals surface area (Å²) in [5, 5.41) is 0. The normalized spacial score (nSPS) is 35.5. The summed E-state index contributed by atoms with van der Waals surface area (Å²) in [6.07, 6.45) is 10.1. The van der Waals surface area contributed by atoms with Crippen molar-refractivity contribution in [2.45, 2.75) is 31.7 Å². The van der Waals surface area contributed by atoms with E-state index in [4.69, 9.17) is 5.73 Å². The smallest absolute Gasteiger partial charge is 0.0170 e. The molecule has 1 fully saturated rings. The van der Waals surface area contributed by atoms with E-state index in [0.717, 1.165) is 31.6 Å². The van der Waals surface area contributed by atoms with Crippen LogP contribution in [0.2, 0.25) is 0 Å². The molecule has 0 radical (unpaired) electrons. The molecule has 2 nitrogen and oxygen atoms in total. The summed E-state index contributed by atoms with van der Waals surface area (Å²) in [6.45, 7) is 3.18. The van der Waals surface area contributed by atoms with Crippen LogP contribution in [0.15, 0.2) is 12.2 Å². The van der Waals surface area contributed by atoms with Gasteiger partial charge in [-0.05, 0) is 25.3 Å². The number of nitrogens with zero attached hydrogens (tertiary/aromatic N) is 1. The quantitative estimate of drug-likeness (QED) is 0.650. The van der Waals surface area contributed by atoms with Gasteiger partial charge in [0.15, 0.2) is 0 Å². The van der Waals surface area contributed by atoms with Gasteiger partial charge in [-0.1, -0.05) is 25.0 Å². The van der Waals surface area contributed by atoms with Crippen molar-refractivity contribution >= 4 is 0 Å². The zero-order valence-electron chi connectivity index (χ0n) is 8.28. The van der Waals surface area contributed by atoms with Gasteiger partial charge in [-0.3, -0.25) is 4.90 Å². The maximum Gasteiger partial charge on any atom is 0.0170 e. The lowest BCUT2D eigenvalue weighted by Gasteiger charge is -2.37. The first-order valence-corrected chi connectivity index (χ1v) is 5.51. The molecular formula is C11H20N2. The lowest BCUT2D eigenvalue weighted by atomic mass is 9.83. The van der Waals surface area contributed by atoms with Gasteiger partial charge in [0, 0.05) is 19.1 Å². The van der Waals surface area contributed by atoms with E-state index in [0.29, 0.717) is 0 Å². The first kappa shape index (κ1) is 9.22. The SMILES string of the molecule is NCC1CCCCC1N1CC=CC1. The van der Waals surface area contributed by atoms with Crippen molar-refractivity contribution in [3.63, 3.8) is 0 Å². The Morgan fingerprint density at radius 2 is 1.85 bits per heavy atom. The standard InChI is InChI=1S/C11H20N2/c12-9-10-5-1-2-6-11(10)13-7-3-4-8-13/h3-4,10-11H,1-2,5-9,12H2. The summed E-state index contributed by atoms with van der Waals surface area (Å²) in [5.41, 5.74) is 5.81. The van der Waals surface area contributed by atoms with Crippen molar-refractivity contribution in [3.8, 4) is 0 Å². The minimum atomic E-state index is 0.758. The summed E-state index contributed by atoms with van der Waals surface area (Å²) in [5.74, 6) is 0.758. The van der Waals surface area contributed by atoms with Crippen LogP contribution in [0.4, 0.5) is 0 Å². The monoisotopic (exact) mass is 180 g/mol. The van der Waals surface area contributed by atoms with Crippen LogP contribution in [-0.2, 0) is 0 Å². The third kappa shape index (κ3) is 1.94. The Balaban J connectivity index is 1.94. The second kappa shape index (κ2) is 4.25. The molecular weight excluding hydrogens is 160 g/mol. The summed E-state index contributed by atoms with van der Waals surface area (Å²) in [6, 6.07) is 0.772. The summed E-state index contributed by atoms with van der Waals surface area (Å²) < 4.78 is 0. The zero-order chi connectivity index (χ0) is 9.10. The Morgan fingerprint density at radius 3 is 2.54 bits per heavy atom. The Bertz CT molecular complexity index is 179. The average Bonchev–Trinajstić information content (AvgIpc) is 2.70. The van der Waals surface area contributed by atoms with E-state index in [1.165, 1.54) is 25.7 Å². The predicted octanol–water partition coefficient (Wildman–Crippen LogP) is 1.38. The molecule has 0 aromatic carbocycles. The molecule has 1 aliphatic carbocycles. The van der Waals surface area contributed by atoms with E-state index in [-0.39, 0.29) is 0 Å². The Hall–Kier alpha value is -0.340. The Labute approximate surface area is 80.8 Å². The van der Waals surface area contributed by atoms with Crippen LogP contribution < -0.4 is 5.73 Å². The minimum absolute atomic E-state index is 0.758. The van der Waals surface area contributed by atoms with Crippen LogP contribution >= 0.6 is 0 Å². The highest BCUT2D eigenvalue weighted by Gasteiger charge is 2.28. The van der Waals surface area contributed by atoms with E-state index in [2.05, 4.69) is 17.1 Å². The van der Waals surface area contributed by atoms with Gasteiger partial charge in [0.1, 0.15) is 0 Å². The molecule has 0 aromatic rings. The summed E-state index contributed by atoms with van der Waals surface area (Å²) >= 11 is 0. The van der Waals surface area contributed by atoms with Crippen molar-refractivity contribution in [1.82, 2.24) is 4.90 Å². The minimum Gasteiger partial charge on any atom is -0.330 e. The maximum absolute atomic E-state index is 5.81. The van der Waals surface area contributed by atoms with Crippen LogP contribution in [0.5, 0.6) is 0 Å². The van der Waals surface area contributed by atoms with Crippen LogP contribution in [0.3, 0.4) is 0 Å². The molecule has 0 bridgehead atoms. The highest BCUT2D eigenvalue weighted by atomic mass is 15.2. The number of hydrogen-bond acceptors (Lipinski definition) is 2. The Kier molecular flexibility index (Phi) is 3.01. The molecule has 2 atom stereocenters. The highest BCUT2D eigenvalue weighted by molar-refractivity contribution is 4.99. The molecule has 2 heteroatoms. The van der Waals surface area contributed by atoms with Crippen LogP contribution in [0.25, 0.3) is 0 Å². The van der Waals surface area contributed by atoms with Crippen LogP contribution in [0.1, 0.15) is 25.7 Å². The van der Waals surface area contributed by atoms with Gasteiger partial charge >= 0.3 is 0 Å². The number of hydrogen-bond donors (Lipinski definition) is 1. The molecule has 2 rings (SSSR count). The predicted molar refractivity (Wildman–Crippen MR) is 55.5 cm³/mol. The van der Waals surface area contributed by atoms with E-state index in [1.807, 2.05) is 0 Å². The third-order valence-electron chi connectivity index (χ3n) is 3.49. The molecule has 0 amide bonds. The molecule has 1 saturated carbocycles.